The molecule has 3 unspecified atom stereocenters. The minimum atomic E-state index is -0.865. The Bertz CT molecular complexity index is 360. The van der Waals surface area contributed by atoms with E-state index in [-0.39, 0.29) is 11.9 Å². The molecule has 2 N–H and O–H groups in total. The lowest BCUT2D eigenvalue weighted by Crippen LogP contribution is -2.46. The maximum atomic E-state index is 12.2. The second kappa shape index (κ2) is 5.55. The molecule has 0 aliphatic heterocycles. The Balaban J connectivity index is 1.93. The maximum Gasteiger partial charge on any atom is 0.307 e. The van der Waals surface area contributed by atoms with Crippen molar-refractivity contribution in [1.82, 2.24) is 5.32 Å². The summed E-state index contributed by atoms with van der Waals surface area (Å²) in [5.41, 5.74) is 0. The third kappa shape index (κ3) is 2.74. The number of aliphatic carboxylic acids is 1. The largest absolute Gasteiger partial charge is 0.481 e. The molecule has 2 aliphatic rings. The molecular formula is C14H21NO3. The summed E-state index contributed by atoms with van der Waals surface area (Å²) in [5.74, 6) is -1.35. The number of nitrogens with one attached hydrogen (secondary N) is 1. The number of amides is 1. The van der Waals surface area contributed by atoms with Gasteiger partial charge in [0.15, 0.2) is 0 Å². The minimum absolute atomic E-state index is 0.0915. The predicted octanol–water partition coefficient (Wildman–Crippen LogP) is 1.96. The highest BCUT2D eigenvalue weighted by Gasteiger charge is 2.35. The Morgan fingerprint density at radius 1 is 1.22 bits per heavy atom. The summed E-state index contributed by atoms with van der Waals surface area (Å²) in [4.78, 5) is 23.3. The summed E-state index contributed by atoms with van der Waals surface area (Å²) >= 11 is 0. The smallest absolute Gasteiger partial charge is 0.307 e. The highest BCUT2D eigenvalue weighted by atomic mass is 16.4. The van der Waals surface area contributed by atoms with Gasteiger partial charge in [0.25, 0.3) is 0 Å². The number of allylic oxidation sites excluding steroid dienone is 2. The molecule has 0 aromatic rings. The molecule has 1 fully saturated rings. The lowest BCUT2D eigenvalue weighted by Gasteiger charge is -2.33. The number of carboxylic acid groups (broad SMARTS) is 1. The molecule has 4 heteroatoms. The Morgan fingerprint density at radius 2 is 1.83 bits per heavy atom. The molecule has 1 amide bonds. The van der Waals surface area contributed by atoms with E-state index in [1.165, 1.54) is 19.3 Å². The first kappa shape index (κ1) is 13.1. The van der Waals surface area contributed by atoms with Crippen molar-refractivity contribution in [2.75, 3.05) is 0 Å². The van der Waals surface area contributed by atoms with Gasteiger partial charge >= 0.3 is 5.97 Å². The molecule has 4 nitrogen and oxygen atoms in total. The first-order valence-corrected chi connectivity index (χ1v) is 6.77. The van der Waals surface area contributed by atoms with Crippen molar-refractivity contribution in [2.24, 2.45) is 17.8 Å². The summed E-state index contributed by atoms with van der Waals surface area (Å²) in [6, 6.07) is 0.173. The third-order valence-corrected chi connectivity index (χ3v) is 4.31. The van der Waals surface area contributed by atoms with E-state index >= 15 is 0 Å². The number of carboxylic acids is 1. The zero-order chi connectivity index (χ0) is 13.1. The normalized spacial score (nSPS) is 29.4. The summed E-state index contributed by atoms with van der Waals surface area (Å²) in [6.45, 7) is 2.02. The van der Waals surface area contributed by atoms with Crippen LogP contribution in [0.1, 0.15) is 39.0 Å². The van der Waals surface area contributed by atoms with Crippen LogP contribution < -0.4 is 5.32 Å². The van der Waals surface area contributed by atoms with Crippen molar-refractivity contribution in [1.29, 1.82) is 0 Å². The Hall–Kier alpha value is -1.32. The molecule has 0 saturated heterocycles. The number of carbonyl (C=O) groups is 2. The van der Waals surface area contributed by atoms with Crippen molar-refractivity contribution < 1.29 is 14.7 Å². The van der Waals surface area contributed by atoms with Gasteiger partial charge in [-0.2, -0.15) is 0 Å². The topological polar surface area (TPSA) is 66.4 Å². The van der Waals surface area contributed by atoms with E-state index < -0.39 is 17.8 Å². The van der Waals surface area contributed by atoms with Crippen molar-refractivity contribution in [3.8, 4) is 0 Å². The lowest BCUT2D eigenvalue weighted by molar-refractivity contribution is -0.147. The van der Waals surface area contributed by atoms with Crippen molar-refractivity contribution in [3.63, 3.8) is 0 Å². The molecular weight excluding hydrogens is 230 g/mol. The van der Waals surface area contributed by atoms with Gasteiger partial charge in [-0.15, -0.1) is 0 Å². The average molecular weight is 251 g/mol. The quantitative estimate of drug-likeness (QED) is 0.751. The van der Waals surface area contributed by atoms with E-state index in [9.17, 15) is 9.59 Å². The molecule has 1 saturated carbocycles. The van der Waals surface area contributed by atoms with Gasteiger partial charge in [-0.1, -0.05) is 18.6 Å². The van der Waals surface area contributed by atoms with E-state index in [0.717, 1.165) is 0 Å². The highest BCUT2D eigenvalue weighted by molar-refractivity contribution is 5.85. The van der Waals surface area contributed by atoms with Gasteiger partial charge in [0.2, 0.25) is 5.91 Å². The van der Waals surface area contributed by atoms with Gasteiger partial charge < -0.3 is 10.4 Å². The fraction of sp³-hybridized carbons (Fsp3) is 0.714. The molecule has 3 atom stereocenters. The number of rotatable bonds is 4. The van der Waals surface area contributed by atoms with Gasteiger partial charge in [0, 0.05) is 6.04 Å². The Kier molecular flexibility index (Phi) is 4.04. The molecule has 0 aromatic heterocycles. The fourth-order valence-corrected chi connectivity index (χ4v) is 2.77. The zero-order valence-corrected chi connectivity index (χ0v) is 10.8. The lowest BCUT2D eigenvalue weighted by atomic mass is 9.79. The molecule has 2 aliphatic carbocycles. The van der Waals surface area contributed by atoms with Gasteiger partial charge in [-0.25, -0.2) is 0 Å². The van der Waals surface area contributed by atoms with E-state index in [2.05, 4.69) is 5.32 Å². The molecule has 0 aromatic carbocycles. The van der Waals surface area contributed by atoms with E-state index in [0.29, 0.717) is 18.8 Å². The van der Waals surface area contributed by atoms with Gasteiger partial charge in [0.05, 0.1) is 11.8 Å². The summed E-state index contributed by atoms with van der Waals surface area (Å²) in [7, 11) is 0. The maximum absolute atomic E-state index is 12.2. The van der Waals surface area contributed by atoms with Crippen LogP contribution in [-0.4, -0.2) is 23.0 Å². The molecule has 2 rings (SSSR count). The Labute approximate surface area is 107 Å². The summed E-state index contributed by atoms with van der Waals surface area (Å²) in [5, 5.41) is 12.1. The van der Waals surface area contributed by atoms with Crippen LogP contribution in [0.4, 0.5) is 0 Å². The minimum Gasteiger partial charge on any atom is -0.481 e. The molecule has 0 radical (unpaired) electrons. The molecule has 0 heterocycles. The van der Waals surface area contributed by atoms with Crippen molar-refractivity contribution in [3.05, 3.63) is 12.2 Å². The van der Waals surface area contributed by atoms with Crippen LogP contribution in [-0.2, 0) is 9.59 Å². The molecule has 0 spiro atoms. The zero-order valence-electron chi connectivity index (χ0n) is 10.8. The van der Waals surface area contributed by atoms with Crippen LogP contribution in [0.3, 0.4) is 0 Å². The van der Waals surface area contributed by atoms with Gasteiger partial charge in [0.1, 0.15) is 0 Å². The first-order valence-electron chi connectivity index (χ1n) is 6.77. The summed E-state index contributed by atoms with van der Waals surface area (Å²) in [6.07, 6.45) is 8.37. The molecule has 18 heavy (non-hydrogen) atoms. The summed E-state index contributed by atoms with van der Waals surface area (Å²) < 4.78 is 0. The molecule has 100 valence electrons. The first-order chi connectivity index (χ1) is 8.59. The van der Waals surface area contributed by atoms with E-state index in [4.69, 9.17) is 5.11 Å². The van der Waals surface area contributed by atoms with Crippen LogP contribution >= 0.6 is 0 Å². The van der Waals surface area contributed by atoms with Crippen LogP contribution in [0.5, 0.6) is 0 Å². The van der Waals surface area contributed by atoms with Crippen LogP contribution in [0.25, 0.3) is 0 Å². The number of hydrogen-bond acceptors (Lipinski definition) is 2. The number of carbonyl (C=O) groups excluding carboxylic acids is 1. The monoisotopic (exact) mass is 251 g/mol. The standard InChI is InChI=1S/C14H21NO3/c1-9(10-5-4-6-10)15-13(16)11-7-2-3-8-12(11)14(17)18/h2-3,9-12H,4-8H2,1H3,(H,15,16)(H,17,18). The van der Waals surface area contributed by atoms with Crippen LogP contribution in [0, 0.1) is 17.8 Å². The second-order valence-corrected chi connectivity index (χ2v) is 5.48. The molecule has 0 bridgehead atoms. The van der Waals surface area contributed by atoms with Crippen LogP contribution in [0.2, 0.25) is 0 Å². The SMILES string of the molecule is CC(NC(=O)C1CC=CCC1C(=O)O)C1CCC1. The second-order valence-electron chi connectivity index (χ2n) is 5.48. The third-order valence-electron chi connectivity index (χ3n) is 4.31. The van der Waals surface area contributed by atoms with Crippen molar-refractivity contribution in [2.45, 2.75) is 45.1 Å². The predicted molar refractivity (Wildman–Crippen MR) is 67.9 cm³/mol. The average Bonchev–Trinajstić information content (AvgIpc) is 2.26. The van der Waals surface area contributed by atoms with Gasteiger partial charge in [-0.3, -0.25) is 9.59 Å². The highest BCUT2D eigenvalue weighted by Crippen LogP contribution is 2.31. The van der Waals surface area contributed by atoms with E-state index in [1.54, 1.807) is 0 Å². The van der Waals surface area contributed by atoms with Crippen molar-refractivity contribution >= 4 is 11.9 Å². The van der Waals surface area contributed by atoms with Gasteiger partial charge in [-0.05, 0) is 38.5 Å². The van der Waals surface area contributed by atoms with Crippen LogP contribution in [0.15, 0.2) is 12.2 Å². The fourth-order valence-electron chi connectivity index (χ4n) is 2.77. The van der Waals surface area contributed by atoms with E-state index in [1.807, 2.05) is 19.1 Å². The number of hydrogen-bond donors (Lipinski definition) is 2. The Morgan fingerprint density at radius 3 is 2.33 bits per heavy atom.